The van der Waals surface area contributed by atoms with Crippen molar-refractivity contribution >= 4 is 40.7 Å². The van der Waals surface area contributed by atoms with E-state index in [1.807, 2.05) is 45.9 Å². The van der Waals surface area contributed by atoms with E-state index in [4.69, 9.17) is 23.2 Å². The maximum Gasteiger partial charge on any atom is 0.253 e. The molecule has 0 bridgehead atoms. The highest BCUT2D eigenvalue weighted by atomic mass is 35.5. The molecule has 26 heavy (non-hydrogen) atoms. The van der Waals surface area contributed by atoms with Crippen LogP contribution in [0.4, 0.5) is 5.69 Å². The molecule has 138 valence electrons. The second-order valence-corrected chi connectivity index (χ2v) is 7.47. The summed E-state index contributed by atoms with van der Waals surface area (Å²) in [6.07, 6.45) is 0. The molecule has 0 unspecified atom stereocenters. The van der Waals surface area contributed by atoms with Gasteiger partial charge in [-0.1, -0.05) is 54.7 Å². The molecule has 0 spiro atoms. The molecule has 0 aliphatic carbocycles. The van der Waals surface area contributed by atoms with Crippen molar-refractivity contribution in [3.05, 3.63) is 63.1 Å². The zero-order chi connectivity index (χ0) is 19.4. The monoisotopic (exact) mass is 392 g/mol. The molecular weight excluding hydrogens is 371 g/mol. The van der Waals surface area contributed by atoms with E-state index in [0.717, 1.165) is 16.8 Å². The van der Waals surface area contributed by atoms with E-state index in [-0.39, 0.29) is 22.4 Å². The van der Waals surface area contributed by atoms with Crippen LogP contribution in [0, 0.1) is 19.8 Å². The fraction of sp³-hybridized carbons (Fsp3) is 0.300. The number of anilines is 1. The fourth-order valence-electron chi connectivity index (χ4n) is 2.59. The SMILES string of the molecule is Cc1ccc(NC(=O)[C@@H](NC(=O)c2ccc(Cl)cc2Cl)C(C)C)c(C)c1. The summed E-state index contributed by atoms with van der Waals surface area (Å²) < 4.78 is 0. The van der Waals surface area contributed by atoms with Crippen LogP contribution in [0.2, 0.25) is 10.0 Å². The quantitative estimate of drug-likeness (QED) is 0.751. The Morgan fingerprint density at radius 1 is 1.00 bits per heavy atom. The van der Waals surface area contributed by atoms with Gasteiger partial charge in [-0.2, -0.15) is 0 Å². The summed E-state index contributed by atoms with van der Waals surface area (Å²) in [7, 11) is 0. The zero-order valence-electron chi connectivity index (χ0n) is 15.2. The molecule has 2 aromatic carbocycles. The molecule has 6 heteroatoms. The summed E-state index contributed by atoms with van der Waals surface area (Å²) in [6, 6.07) is 9.71. The van der Waals surface area contributed by atoms with Gasteiger partial charge in [-0.05, 0) is 49.6 Å². The van der Waals surface area contributed by atoms with E-state index < -0.39 is 11.9 Å². The van der Waals surface area contributed by atoms with Crippen molar-refractivity contribution in [2.75, 3.05) is 5.32 Å². The highest BCUT2D eigenvalue weighted by Crippen LogP contribution is 2.22. The van der Waals surface area contributed by atoms with Crippen LogP contribution in [-0.2, 0) is 4.79 Å². The van der Waals surface area contributed by atoms with Crippen LogP contribution in [0.3, 0.4) is 0 Å². The predicted molar refractivity (Wildman–Crippen MR) is 107 cm³/mol. The minimum Gasteiger partial charge on any atom is -0.340 e. The van der Waals surface area contributed by atoms with Crippen LogP contribution >= 0.6 is 23.2 Å². The third kappa shape index (κ3) is 4.99. The van der Waals surface area contributed by atoms with Gasteiger partial charge in [0.15, 0.2) is 0 Å². The summed E-state index contributed by atoms with van der Waals surface area (Å²) >= 11 is 12.0. The number of hydrogen-bond acceptors (Lipinski definition) is 2. The number of aryl methyl sites for hydroxylation is 2. The third-order valence-electron chi connectivity index (χ3n) is 4.05. The van der Waals surface area contributed by atoms with Crippen LogP contribution < -0.4 is 10.6 Å². The first-order valence-electron chi connectivity index (χ1n) is 8.33. The number of rotatable bonds is 5. The average molecular weight is 393 g/mol. The lowest BCUT2D eigenvalue weighted by molar-refractivity contribution is -0.118. The van der Waals surface area contributed by atoms with Crippen LogP contribution in [0.1, 0.15) is 35.3 Å². The van der Waals surface area contributed by atoms with Crippen LogP contribution in [-0.4, -0.2) is 17.9 Å². The highest BCUT2D eigenvalue weighted by Gasteiger charge is 2.26. The van der Waals surface area contributed by atoms with Crippen molar-refractivity contribution in [1.82, 2.24) is 5.32 Å². The minimum absolute atomic E-state index is 0.101. The molecule has 1 atom stereocenters. The fourth-order valence-corrected chi connectivity index (χ4v) is 3.09. The predicted octanol–water partition coefficient (Wildman–Crippen LogP) is 5.00. The lowest BCUT2D eigenvalue weighted by atomic mass is 10.0. The number of hydrogen-bond donors (Lipinski definition) is 2. The van der Waals surface area contributed by atoms with E-state index >= 15 is 0 Å². The first-order chi connectivity index (χ1) is 12.2. The molecule has 0 aliphatic rings. The lowest BCUT2D eigenvalue weighted by Gasteiger charge is -2.22. The molecule has 2 amide bonds. The number of amides is 2. The van der Waals surface area contributed by atoms with Crippen molar-refractivity contribution in [2.45, 2.75) is 33.7 Å². The molecule has 2 aromatic rings. The molecule has 0 radical (unpaired) electrons. The van der Waals surface area contributed by atoms with Gasteiger partial charge in [-0.3, -0.25) is 9.59 Å². The molecule has 0 heterocycles. The van der Waals surface area contributed by atoms with Crippen molar-refractivity contribution in [3.63, 3.8) is 0 Å². The Balaban J connectivity index is 2.17. The average Bonchev–Trinajstić information content (AvgIpc) is 2.54. The maximum atomic E-state index is 12.7. The highest BCUT2D eigenvalue weighted by molar-refractivity contribution is 6.36. The second kappa shape index (κ2) is 8.56. The molecule has 2 rings (SSSR count). The standard InChI is InChI=1S/C20H22Cl2N2O2/c1-11(2)18(20(26)23-17-8-5-12(3)9-13(17)4)24-19(25)15-7-6-14(21)10-16(15)22/h5-11,18H,1-4H3,(H,23,26)(H,24,25)/t18-/m0/s1. The Kier molecular flexibility index (Phi) is 6.68. The number of nitrogens with one attached hydrogen (secondary N) is 2. The number of carbonyl (C=O) groups is 2. The summed E-state index contributed by atoms with van der Waals surface area (Å²) in [6.45, 7) is 7.66. The van der Waals surface area contributed by atoms with Crippen molar-refractivity contribution < 1.29 is 9.59 Å². The smallest absolute Gasteiger partial charge is 0.253 e. The Bertz CT molecular complexity index is 835. The van der Waals surface area contributed by atoms with Gasteiger partial charge in [0.05, 0.1) is 10.6 Å². The number of benzene rings is 2. The van der Waals surface area contributed by atoms with Crippen LogP contribution in [0.15, 0.2) is 36.4 Å². The minimum atomic E-state index is -0.699. The molecular formula is C20H22Cl2N2O2. The van der Waals surface area contributed by atoms with Gasteiger partial charge in [0, 0.05) is 10.7 Å². The van der Waals surface area contributed by atoms with Gasteiger partial charge in [0.1, 0.15) is 6.04 Å². The van der Waals surface area contributed by atoms with E-state index in [9.17, 15) is 9.59 Å². The molecule has 2 N–H and O–H groups in total. The summed E-state index contributed by atoms with van der Waals surface area (Å²) in [5.74, 6) is -0.790. The van der Waals surface area contributed by atoms with E-state index in [1.54, 1.807) is 12.1 Å². The Morgan fingerprint density at radius 2 is 1.69 bits per heavy atom. The summed E-state index contributed by atoms with van der Waals surface area (Å²) in [5.41, 5.74) is 3.09. The third-order valence-corrected chi connectivity index (χ3v) is 4.60. The first-order valence-corrected chi connectivity index (χ1v) is 9.08. The lowest BCUT2D eigenvalue weighted by Crippen LogP contribution is -2.47. The van der Waals surface area contributed by atoms with Crippen LogP contribution in [0.25, 0.3) is 0 Å². The van der Waals surface area contributed by atoms with Crippen molar-refractivity contribution in [2.24, 2.45) is 5.92 Å². The van der Waals surface area contributed by atoms with E-state index in [0.29, 0.717) is 5.02 Å². The van der Waals surface area contributed by atoms with Gasteiger partial charge in [-0.15, -0.1) is 0 Å². The molecule has 0 saturated carbocycles. The molecule has 0 aromatic heterocycles. The maximum absolute atomic E-state index is 12.7. The van der Waals surface area contributed by atoms with Crippen LogP contribution in [0.5, 0.6) is 0 Å². The summed E-state index contributed by atoms with van der Waals surface area (Å²) in [5, 5.41) is 6.34. The van der Waals surface area contributed by atoms with Gasteiger partial charge in [0.25, 0.3) is 5.91 Å². The number of halogens is 2. The Hall–Kier alpha value is -2.04. The molecule has 4 nitrogen and oxygen atoms in total. The van der Waals surface area contributed by atoms with Gasteiger partial charge < -0.3 is 10.6 Å². The molecule has 0 saturated heterocycles. The second-order valence-electron chi connectivity index (χ2n) is 6.63. The van der Waals surface area contributed by atoms with Gasteiger partial charge >= 0.3 is 0 Å². The van der Waals surface area contributed by atoms with Gasteiger partial charge in [0.2, 0.25) is 5.91 Å². The topological polar surface area (TPSA) is 58.2 Å². The molecule has 0 aliphatic heterocycles. The zero-order valence-corrected chi connectivity index (χ0v) is 16.7. The molecule has 0 fully saturated rings. The Morgan fingerprint density at radius 3 is 2.27 bits per heavy atom. The van der Waals surface area contributed by atoms with Gasteiger partial charge in [-0.25, -0.2) is 0 Å². The Labute approximate surface area is 163 Å². The largest absolute Gasteiger partial charge is 0.340 e. The number of carbonyl (C=O) groups excluding carboxylic acids is 2. The van der Waals surface area contributed by atoms with E-state index in [2.05, 4.69) is 10.6 Å². The normalized spacial score (nSPS) is 12.0. The first kappa shape index (κ1) is 20.3. The van der Waals surface area contributed by atoms with E-state index in [1.165, 1.54) is 6.07 Å². The van der Waals surface area contributed by atoms with Crippen molar-refractivity contribution in [3.8, 4) is 0 Å². The van der Waals surface area contributed by atoms with Crippen molar-refractivity contribution in [1.29, 1.82) is 0 Å². The summed E-state index contributed by atoms with van der Waals surface area (Å²) in [4.78, 5) is 25.3.